The molecular formula is C18H23N7O. The standard InChI is InChI=1S/C18H23N7O/c1-13(15-22-20-12-23(15)3)25-9-6-18(2,11-25)21-17(26)14-5-4-8-24-10-7-19-16(14)24/h4-5,7-8,10,12-13H,6,9,11H2,1-3H3,(H,21,26). The van der Waals surface area contributed by atoms with E-state index in [4.69, 9.17) is 0 Å². The summed E-state index contributed by atoms with van der Waals surface area (Å²) in [6, 6.07) is 3.83. The van der Waals surface area contributed by atoms with Crippen molar-refractivity contribution in [2.24, 2.45) is 7.05 Å². The molecule has 0 bridgehead atoms. The summed E-state index contributed by atoms with van der Waals surface area (Å²) in [5.74, 6) is 0.847. The zero-order valence-electron chi connectivity index (χ0n) is 15.3. The molecule has 0 aliphatic carbocycles. The molecule has 3 aromatic heterocycles. The Labute approximate surface area is 151 Å². The molecule has 4 heterocycles. The summed E-state index contributed by atoms with van der Waals surface area (Å²) < 4.78 is 3.80. The fourth-order valence-corrected chi connectivity index (χ4v) is 3.73. The molecule has 0 spiro atoms. The van der Waals surface area contributed by atoms with Crippen LogP contribution >= 0.6 is 0 Å². The molecular weight excluding hydrogens is 330 g/mol. The van der Waals surface area contributed by atoms with Crippen LogP contribution in [0.4, 0.5) is 0 Å². The first-order chi connectivity index (χ1) is 12.5. The van der Waals surface area contributed by atoms with E-state index in [-0.39, 0.29) is 17.5 Å². The van der Waals surface area contributed by atoms with Gasteiger partial charge in [-0.1, -0.05) is 0 Å². The van der Waals surface area contributed by atoms with Crippen molar-refractivity contribution in [1.82, 2.24) is 34.4 Å². The number of nitrogens with zero attached hydrogens (tertiary/aromatic N) is 6. The number of hydrogen-bond acceptors (Lipinski definition) is 5. The average Bonchev–Trinajstić information content (AvgIpc) is 3.33. The maximum atomic E-state index is 12.9. The van der Waals surface area contributed by atoms with Gasteiger partial charge in [0, 0.05) is 38.7 Å². The van der Waals surface area contributed by atoms with Gasteiger partial charge in [0.2, 0.25) is 0 Å². The highest BCUT2D eigenvalue weighted by molar-refractivity contribution is 6.00. The van der Waals surface area contributed by atoms with Crippen LogP contribution in [0, 0.1) is 0 Å². The van der Waals surface area contributed by atoms with Gasteiger partial charge in [0.15, 0.2) is 0 Å². The molecule has 0 saturated carbocycles. The second-order valence-corrected chi connectivity index (χ2v) is 7.29. The highest BCUT2D eigenvalue weighted by Crippen LogP contribution is 2.29. The molecule has 4 rings (SSSR count). The molecule has 1 aliphatic heterocycles. The van der Waals surface area contributed by atoms with Gasteiger partial charge in [0.1, 0.15) is 17.8 Å². The van der Waals surface area contributed by atoms with Crippen molar-refractivity contribution in [3.63, 3.8) is 0 Å². The summed E-state index contributed by atoms with van der Waals surface area (Å²) in [6.45, 7) is 5.89. The van der Waals surface area contributed by atoms with Gasteiger partial charge in [-0.2, -0.15) is 0 Å². The normalized spacial score (nSPS) is 22.0. The third-order valence-electron chi connectivity index (χ3n) is 5.25. The molecule has 8 heteroatoms. The molecule has 0 radical (unpaired) electrons. The number of fused-ring (bicyclic) bond motifs is 1. The minimum atomic E-state index is -0.288. The second-order valence-electron chi connectivity index (χ2n) is 7.29. The van der Waals surface area contributed by atoms with Gasteiger partial charge in [-0.05, 0) is 32.4 Å². The van der Waals surface area contributed by atoms with E-state index in [0.717, 1.165) is 25.3 Å². The van der Waals surface area contributed by atoms with E-state index in [9.17, 15) is 4.79 Å². The van der Waals surface area contributed by atoms with E-state index in [1.165, 1.54) is 0 Å². The molecule has 1 fully saturated rings. The maximum Gasteiger partial charge on any atom is 0.255 e. The van der Waals surface area contributed by atoms with Crippen LogP contribution in [0.2, 0.25) is 0 Å². The number of pyridine rings is 1. The molecule has 26 heavy (non-hydrogen) atoms. The van der Waals surface area contributed by atoms with Crippen LogP contribution < -0.4 is 5.32 Å². The third kappa shape index (κ3) is 2.86. The van der Waals surface area contributed by atoms with Crippen LogP contribution in [0.25, 0.3) is 5.65 Å². The van der Waals surface area contributed by atoms with Gasteiger partial charge in [0.05, 0.1) is 17.1 Å². The lowest BCUT2D eigenvalue weighted by atomic mass is 10.0. The Morgan fingerprint density at radius 3 is 3.00 bits per heavy atom. The zero-order chi connectivity index (χ0) is 18.3. The largest absolute Gasteiger partial charge is 0.345 e. The van der Waals surface area contributed by atoms with Crippen molar-refractivity contribution in [3.8, 4) is 0 Å². The predicted octanol–water partition coefficient (Wildman–Crippen LogP) is 1.42. The lowest BCUT2D eigenvalue weighted by molar-refractivity contribution is 0.0905. The van der Waals surface area contributed by atoms with Gasteiger partial charge < -0.3 is 14.3 Å². The summed E-state index contributed by atoms with van der Waals surface area (Å²) in [6.07, 6.45) is 8.04. The Kier molecular flexibility index (Phi) is 3.99. The van der Waals surface area contributed by atoms with E-state index in [0.29, 0.717) is 11.2 Å². The van der Waals surface area contributed by atoms with Crippen molar-refractivity contribution in [1.29, 1.82) is 0 Å². The van der Waals surface area contributed by atoms with E-state index in [2.05, 4.69) is 39.2 Å². The van der Waals surface area contributed by atoms with Crippen molar-refractivity contribution in [2.45, 2.75) is 31.8 Å². The molecule has 8 nitrogen and oxygen atoms in total. The lowest BCUT2D eigenvalue weighted by Gasteiger charge is -2.28. The molecule has 2 atom stereocenters. The minimum Gasteiger partial charge on any atom is -0.345 e. The quantitative estimate of drug-likeness (QED) is 0.767. The predicted molar refractivity (Wildman–Crippen MR) is 96.7 cm³/mol. The number of imidazole rings is 1. The Bertz CT molecular complexity index is 946. The second kappa shape index (κ2) is 6.21. The summed E-state index contributed by atoms with van der Waals surface area (Å²) in [5.41, 5.74) is 0.984. The first-order valence-electron chi connectivity index (χ1n) is 8.79. The number of carbonyl (C=O) groups is 1. The van der Waals surface area contributed by atoms with Gasteiger partial charge in [-0.15, -0.1) is 10.2 Å². The zero-order valence-corrected chi connectivity index (χ0v) is 15.3. The van der Waals surface area contributed by atoms with E-state index < -0.39 is 0 Å². The number of hydrogen-bond donors (Lipinski definition) is 1. The van der Waals surface area contributed by atoms with Crippen LogP contribution in [0.15, 0.2) is 37.1 Å². The van der Waals surface area contributed by atoms with E-state index >= 15 is 0 Å². The molecule has 3 aromatic rings. The Hall–Kier alpha value is -2.74. The monoisotopic (exact) mass is 353 g/mol. The van der Waals surface area contributed by atoms with Crippen LogP contribution in [-0.2, 0) is 7.05 Å². The lowest BCUT2D eigenvalue weighted by Crippen LogP contribution is -2.48. The molecule has 136 valence electrons. The fourth-order valence-electron chi connectivity index (χ4n) is 3.73. The van der Waals surface area contributed by atoms with Crippen LogP contribution in [0.3, 0.4) is 0 Å². The summed E-state index contributed by atoms with van der Waals surface area (Å²) >= 11 is 0. The number of rotatable bonds is 4. The highest BCUT2D eigenvalue weighted by atomic mass is 16.1. The van der Waals surface area contributed by atoms with Gasteiger partial charge in [0.25, 0.3) is 5.91 Å². The number of amides is 1. The summed E-state index contributed by atoms with van der Waals surface area (Å²) in [5, 5.41) is 11.4. The summed E-state index contributed by atoms with van der Waals surface area (Å²) in [4.78, 5) is 19.5. The van der Waals surface area contributed by atoms with Gasteiger partial charge >= 0.3 is 0 Å². The molecule has 1 amide bonds. The summed E-state index contributed by atoms with van der Waals surface area (Å²) in [7, 11) is 1.95. The minimum absolute atomic E-state index is 0.0857. The van der Waals surface area contributed by atoms with Crippen molar-refractivity contribution in [3.05, 3.63) is 48.4 Å². The van der Waals surface area contributed by atoms with Gasteiger partial charge in [-0.25, -0.2) is 4.98 Å². The molecule has 1 saturated heterocycles. The molecule has 1 N–H and O–H groups in total. The molecule has 2 unspecified atom stereocenters. The highest BCUT2D eigenvalue weighted by Gasteiger charge is 2.38. The number of nitrogens with one attached hydrogen (secondary N) is 1. The fraction of sp³-hybridized carbons (Fsp3) is 0.444. The molecule has 1 aliphatic rings. The first kappa shape index (κ1) is 16.7. The van der Waals surface area contributed by atoms with Crippen LogP contribution in [0.1, 0.15) is 42.5 Å². The van der Waals surface area contributed by atoms with E-state index in [1.807, 2.05) is 40.5 Å². The average molecular weight is 353 g/mol. The number of carbonyl (C=O) groups excluding carboxylic acids is 1. The SMILES string of the molecule is CC(c1nncn1C)N1CCC(C)(NC(=O)c2cccn3ccnc23)C1. The van der Waals surface area contributed by atoms with Crippen molar-refractivity contribution in [2.75, 3.05) is 13.1 Å². The van der Waals surface area contributed by atoms with Crippen LogP contribution in [-0.4, -0.2) is 53.6 Å². The smallest absolute Gasteiger partial charge is 0.255 e. The van der Waals surface area contributed by atoms with Crippen molar-refractivity contribution >= 4 is 11.6 Å². The van der Waals surface area contributed by atoms with Crippen LogP contribution in [0.5, 0.6) is 0 Å². The third-order valence-corrected chi connectivity index (χ3v) is 5.25. The topological polar surface area (TPSA) is 80.4 Å². The Morgan fingerprint density at radius 2 is 2.23 bits per heavy atom. The van der Waals surface area contributed by atoms with E-state index in [1.54, 1.807) is 12.5 Å². The number of aryl methyl sites for hydroxylation is 1. The first-order valence-corrected chi connectivity index (χ1v) is 8.79. The maximum absolute atomic E-state index is 12.9. The number of likely N-dealkylation sites (tertiary alicyclic amines) is 1. The van der Waals surface area contributed by atoms with Crippen molar-refractivity contribution < 1.29 is 4.79 Å². The molecule has 0 aromatic carbocycles. The Balaban J connectivity index is 1.49. The Morgan fingerprint density at radius 1 is 1.38 bits per heavy atom. The van der Waals surface area contributed by atoms with Gasteiger partial charge in [-0.3, -0.25) is 9.69 Å². The number of aromatic nitrogens is 5.